The molecule has 7 heteroatoms. The average molecular weight is 355 g/mol. The fourth-order valence-electron chi connectivity index (χ4n) is 2.58. The highest BCUT2D eigenvalue weighted by Gasteiger charge is 2.16. The van der Waals surface area contributed by atoms with E-state index < -0.39 is 0 Å². The fourth-order valence-corrected chi connectivity index (χ4v) is 2.58. The number of amides is 2. The van der Waals surface area contributed by atoms with Gasteiger partial charge in [-0.3, -0.25) is 9.59 Å². The van der Waals surface area contributed by atoms with Crippen LogP contribution in [0.15, 0.2) is 42.5 Å². The molecule has 2 aromatic rings. The molecule has 0 aliphatic carbocycles. The van der Waals surface area contributed by atoms with E-state index in [9.17, 15) is 9.59 Å². The van der Waals surface area contributed by atoms with Gasteiger partial charge < -0.3 is 25.8 Å². The van der Waals surface area contributed by atoms with Gasteiger partial charge in [-0.25, -0.2) is 0 Å². The van der Waals surface area contributed by atoms with Gasteiger partial charge in [0.1, 0.15) is 13.2 Å². The van der Waals surface area contributed by atoms with Crippen LogP contribution >= 0.6 is 0 Å². The number of nitrogens with two attached hydrogens (primary N) is 1. The van der Waals surface area contributed by atoms with Crippen LogP contribution in [0.3, 0.4) is 0 Å². The minimum absolute atomic E-state index is 0.171. The second-order valence-corrected chi connectivity index (χ2v) is 5.80. The number of hydrogen-bond donors (Lipinski definition) is 3. The molecule has 26 heavy (non-hydrogen) atoms. The topological polar surface area (TPSA) is 103 Å². The van der Waals surface area contributed by atoms with Crippen LogP contribution in [0.25, 0.3) is 0 Å². The van der Waals surface area contributed by atoms with E-state index in [1.54, 1.807) is 42.5 Å². The van der Waals surface area contributed by atoms with E-state index in [0.29, 0.717) is 61.0 Å². The molecule has 0 bridgehead atoms. The van der Waals surface area contributed by atoms with Crippen molar-refractivity contribution in [2.45, 2.75) is 12.8 Å². The van der Waals surface area contributed by atoms with Crippen LogP contribution in [0.4, 0.5) is 11.4 Å². The lowest BCUT2D eigenvalue weighted by Gasteiger charge is -2.19. The first-order chi connectivity index (χ1) is 12.7. The zero-order valence-electron chi connectivity index (χ0n) is 14.3. The number of benzene rings is 2. The molecule has 2 amide bonds. The maximum atomic E-state index is 12.6. The normalized spacial score (nSPS) is 12.3. The molecular formula is C19H21N3O4. The molecule has 0 spiro atoms. The van der Waals surface area contributed by atoms with Gasteiger partial charge in [-0.15, -0.1) is 0 Å². The summed E-state index contributed by atoms with van der Waals surface area (Å²) in [4.78, 5) is 24.6. The summed E-state index contributed by atoms with van der Waals surface area (Å²) in [6.45, 7) is 1.43. The molecule has 7 nitrogen and oxygen atoms in total. The van der Waals surface area contributed by atoms with E-state index in [2.05, 4.69) is 10.6 Å². The largest absolute Gasteiger partial charge is 0.486 e. The van der Waals surface area contributed by atoms with Crippen LogP contribution in [0.1, 0.15) is 23.2 Å². The number of carbonyl (C=O) groups is 2. The summed E-state index contributed by atoms with van der Waals surface area (Å²) in [6, 6.07) is 12.1. The summed E-state index contributed by atoms with van der Waals surface area (Å²) < 4.78 is 11.0. The third-order valence-electron chi connectivity index (χ3n) is 3.85. The molecule has 0 atom stereocenters. The van der Waals surface area contributed by atoms with Crippen molar-refractivity contribution in [1.82, 2.24) is 0 Å². The molecule has 0 saturated carbocycles. The van der Waals surface area contributed by atoms with Gasteiger partial charge >= 0.3 is 0 Å². The molecule has 2 aromatic carbocycles. The molecule has 1 heterocycles. The lowest BCUT2D eigenvalue weighted by molar-refractivity contribution is -0.116. The smallest absolute Gasteiger partial charge is 0.257 e. The maximum Gasteiger partial charge on any atom is 0.257 e. The Morgan fingerprint density at radius 1 is 1.00 bits per heavy atom. The molecule has 0 radical (unpaired) electrons. The van der Waals surface area contributed by atoms with E-state index in [1.807, 2.05) is 0 Å². The summed E-state index contributed by atoms with van der Waals surface area (Å²) in [5.74, 6) is 0.755. The third-order valence-corrected chi connectivity index (χ3v) is 3.85. The van der Waals surface area contributed by atoms with Crippen LogP contribution in [-0.2, 0) is 4.79 Å². The Morgan fingerprint density at radius 2 is 1.77 bits per heavy atom. The molecule has 136 valence electrons. The number of hydrogen-bond acceptors (Lipinski definition) is 5. The van der Waals surface area contributed by atoms with Crippen LogP contribution in [-0.4, -0.2) is 31.6 Å². The number of anilines is 2. The molecule has 0 unspecified atom stereocenters. The highest BCUT2D eigenvalue weighted by atomic mass is 16.6. The van der Waals surface area contributed by atoms with Gasteiger partial charge in [0.25, 0.3) is 5.91 Å². The van der Waals surface area contributed by atoms with Crippen molar-refractivity contribution in [2.24, 2.45) is 5.73 Å². The summed E-state index contributed by atoms with van der Waals surface area (Å²) in [5, 5.41) is 5.58. The molecular weight excluding hydrogens is 334 g/mol. The first-order valence-electron chi connectivity index (χ1n) is 8.47. The van der Waals surface area contributed by atoms with E-state index in [-0.39, 0.29) is 11.8 Å². The van der Waals surface area contributed by atoms with Crippen molar-refractivity contribution in [2.75, 3.05) is 30.4 Å². The number of rotatable bonds is 6. The molecule has 0 aromatic heterocycles. The Hall–Kier alpha value is -3.06. The second kappa shape index (κ2) is 8.35. The molecule has 1 aliphatic heterocycles. The lowest BCUT2D eigenvalue weighted by Crippen LogP contribution is -2.19. The molecule has 3 rings (SSSR count). The minimum Gasteiger partial charge on any atom is -0.486 e. The highest BCUT2D eigenvalue weighted by molar-refractivity contribution is 6.10. The predicted molar refractivity (Wildman–Crippen MR) is 98.7 cm³/mol. The lowest BCUT2D eigenvalue weighted by atomic mass is 10.1. The Labute approximate surface area is 151 Å². The molecule has 4 N–H and O–H groups in total. The Kier molecular flexibility index (Phi) is 5.70. The van der Waals surface area contributed by atoms with Gasteiger partial charge in [0.15, 0.2) is 11.5 Å². The first kappa shape index (κ1) is 17.8. The molecule has 0 fully saturated rings. The predicted octanol–water partition coefficient (Wildman–Crippen LogP) is 2.39. The van der Waals surface area contributed by atoms with Gasteiger partial charge in [0.2, 0.25) is 5.91 Å². The van der Waals surface area contributed by atoms with E-state index in [1.165, 1.54) is 0 Å². The number of carbonyl (C=O) groups excluding carboxylic acids is 2. The molecule has 1 aliphatic rings. The van der Waals surface area contributed by atoms with Crippen molar-refractivity contribution < 1.29 is 19.1 Å². The van der Waals surface area contributed by atoms with Gasteiger partial charge in [0.05, 0.1) is 11.3 Å². The van der Waals surface area contributed by atoms with Crippen molar-refractivity contribution >= 4 is 23.2 Å². The standard InChI is InChI=1S/C19H21N3O4/c20-9-3-6-18(23)22-15-5-2-1-4-14(15)19(24)21-13-7-8-16-17(12-13)26-11-10-25-16/h1-2,4-5,7-8,12H,3,6,9-11,20H2,(H,21,24)(H,22,23). The summed E-state index contributed by atoms with van der Waals surface area (Å²) in [6.07, 6.45) is 0.909. The van der Waals surface area contributed by atoms with Crippen molar-refractivity contribution in [1.29, 1.82) is 0 Å². The van der Waals surface area contributed by atoms with E-state index in [0.717, 1.165) is 0 Å². The summed E-state index contributed by atoms with van der Waals surface area (Å²) >= 11 is 0. The van der Waals surface area contributed by atoms with Gasteiger partial charge in [0, 0.05) is 18.2 Å². The summed E-state index contributed by atoms with van der Waals surface area (Å²) in [7, 11) is 0. The zero-order valence-corrected chi connectivity index (χ0v) is 14.3. The Bertz CT molecular complexity index is 807. The number of ether oxygens (including phenoxy) is 2. The van der Waals surface area contributed by atoms with Crippen LogP contribution < -0.4 is 25.8 Å². The van der Waals surface area contributed by atoms with Crippen LogP contribution in [0.2, 0.25) is 0 Å². The van der Waals surface area contributed by atoms with Gasteiger partial charge in [-0.2, -0.15) is 0 Å². The van der Waals surface area contributed by atoms with Crippen molar-refractivity contribution in [3.8, 4) is 11.5 Å². The Morgan fingerprint density at radius 3 is 2.58 bits per heavy atom. The summed E-state index contributed by atoms with van der Waals surface area (Å²) in [5.41, 5.74) is 6.85. The van der Waals surface area contributed by atoms with E-state index >= 15 is 0 Å². The van der Waals surface area contributed by atoms with Gasteiger partial charge in [-0.05, 0) is 37.2 Å². The quantitative estimate of drug-likeness (QED) is 0.738. The minimum atomic E-state index is -0.323. The maximum absolute atomic E-state index is 12.6. The van der Waals surface area contributed by atoms with Crippen LogP contribution in [0.5, 0.6) is 11.5 Å². The highest BCUT2D eigenvalue weighted by Crippen LogP contribution is 2.32. The van der Waals surface area contributed by atoms with Gasteiger partial charge in [-0.1, -0.05) is 12.1 Å². The second-order valence-electron chi connectivity index (χ2n) is 5.80. The number of nitrogens with one attached hydrogen (secondary N) is 2. The zero-order chi connectivity index (χ0) is 18.4. The number of para-hydroxylation sites is 1. The van der Waals surface area contributed by atoms with Crippen molar-refractivity contribution in [3.05, 3.63) is 48.0 Å². The fraction of sp³-hybridized carbons (Fsp3) is 0.263. The molecule has 0 saturated heterocycles. The monoisotopic (exact) mass is 355 g/mol. The van der Waals surface area contributed by atoms with Crippen LogP contribution in [0, 0.1) is 0 Å². The number of fused-ring (bicyclic) bond motifs is 1. The van der Waals surface area contributed by atoms with E-state index in [4.69, 9.17) is 15.2 Å². The average Bonchev–Trinajstić information content (AvgIpc) is 2.66. The SMILES string of the molecule is NCCCC(=O)Nc1ccccc1C(=O)Nc1ccc2c(c1)OCCO2. The Balaban J connectivity index is 1.73. The third kappa shape index (κ3) is 4.31. The van der Waals surface area contributed by atoms with Crippen molar-refractivity contribution in [3.63, 3.8) is 0 Å². The first-order valence-corrected chi connectivity index (χ1v) is 8.47.